The Morgan fingerprint density at radius 2 is 2.12 bits per heavy atom. The molecule has 0 radical (unpaired) electrons. The zero-order chi connectivity index (χ0) is 12.3. The summed E-state index contributed by atoms with van der Waals surface area (Å²) < 4.78 is 5.36. The molecule has 17 heavy (non-hydrogen) atoms. The van der Waals surface area contributed by atoms with Crippen molar-refractivity contribution in [3.63, 3.8) is 0 Å². The van der Waals surface area contributed by atoms with Crippen molar-refractivity contribution in [2.75, 3.05) is 7.11 Å². The highest BCUT2D eigenvalue weighted by Gasteiger charge is 2.12. The molecular weight excluding hydrogens is 230 g/mol. The monoisotopic (exact) mass is 247 g/mol. The number of aromatic nitrogens is 1. The Kier molecular flexibility index (Phi) is 3.79. The highest BCUT2D eigenvalue weighted by atomic mass is 32.1. The molecule has 1 unspecified atom stereocenters. The zero-order valence-corrected chi connectivity index (χ0v) is 11.3. The lowest BCUT2D eigenvalue weighted by molar-refractivity contribution is 0.416. The number of methoxy groups -OCH3 is 1. The van der Waals surface area contributed by atoms with Crippen LogP contribution in [0.1, 0.15) is 31.9 Å². The third-order valence-corrected chi connectivity index (χ3v) is 3.87. The van der Waals surface area contributed by atoms with Crippen LogP contribution in [0.3, 0.4) is 0 Å². The maximum absolute atomic E-state index is 5.36. The smallest absolute Gasteiger partial charge is 0.129 e. The molecule has 0 aliphatic carbocycles. The summed E-state index contributed by atoms with van der Waals surface area (Å²) in [5, 5.41) is 3.19. The van der Waals surface area contributed by atoms with E-state index in [1.165, 1.54) is 5.69 Å². The summed E-state index contributed by atoms with van der Waals surface area (Å²) in [6.07, 6.45) is 1.12. The van der Waals surface area contributed by atoms with Crippen molar-refractivity contribution in [2.45, 2.75) is 26.2 Å². The molecule has 2 aromatic rings. The van der Waals surface area contributed by atoms with E-state index >= 15 is 0 Å². The van der Waals surface area contributed by atoms with Crippen molar-refractivity contribution in [2.24, 2.45) is 0 Å². The molecule has 2 nitrogen and oxygen atoms in total. The first kappa shape index (κ1) is 12.1. The number of hydrogen-bond donors (Lipinski definition) is 0. The molecule has 1 aromatic heterocycles. The number of nitrogens with zero attached hydrogens (tertiary/aromatic N) is 1. The van der Waals surface area contributed by atoms with Crippen LogP contribution in [0.4, 0.5) is 0 Å². The molecule has 0 saturated heterocycles. The van der Waals surface area contributed by atoms with Crippen LogP contribution in [-0.2, 0) is 0 Å². The van der Waals surface area contributed by atoms with Crippen LogP contribution in [0, 0.1) is 0 Å². The van der Waals surface area contributed by atoms with Gasteiger partial charge in [0.25, 0.3) is 0 Å². The predicted octanol–water partition coefficient (Wildman–Crippen LogP) is 4.33. The highest BCUT2D eigenvalue weighted by molar-refractivity contribution is 7.13. The quantitative estimate of drug-likeness (QED) is 0.802. The first-order valence-corrected chi connectivity index (χ1v) is 6.73. The Labute approximate surface area is 106 Å². The molecular formula is C14H17NOS. The first-order chi connectivity index (χ1) is 8.26. The van der Waals surface area contributed by atoms with Gasteiger partial charge in [-0.15, -0.1) is 11.3 Å². The summed E-state index contributed by atoms with van der Waals surface area (Å²) in [4.78, 5) is 4.70. The van der Waals surface area contributed by atoms with E-state index in [1.54, 1.807) is 18.4 Å². The average Bonchev–Trinajstić information content (AvgIpc) is 2.87. The standard InChI is InChI=1S/C14H17NOS/c1-4-10(2)12-9-17-14(15-12)11-7-5-6-8-13(11)16-3/h5-10H,4H2,1-3H3. The Bertz CT molecular complexity index is 492. The molecule has 3 heteroatoms. The number of para-hydroxylation sites is 1. The van der Waals surface area contributed by atoms with Gasteiger partial charge in [-0.2, -0.15) is 0 Å². The van der Waals surface area contributed by atoms with Crippen LogP contribution in [0.25, 0.3) is 10.6 Å². The SMILES string of the molecule is CCC(C)c1csc(-c2ccccc2OC)n1. The molecule has 1 heterocycles. The molecule has 1 atom stereocenters. The summed E-state index contributed by atoms with van der Waals surface area (Å²) >= 11 is 1.68. The van der Waals surface area contributed by atoms with Gasteiger partial charge in [0.1, 0.15) is 10.8 Å². The van der Waals surface area contributed by atoms with Gasteiger partial charge in [-0.3, -0.25) is 0 Å². The van der Waals surface area contributed by atoms with Gasteiger partial charge in [0, 0.05) is 5.38 Å². The van der Waals surface area contributed by atoms with Crippen molar-refractivity contribution in [3.8, 4) is 16.3 Å². The van der Waals surface area contributed by atoms with E-state index < -0.39 is 0 Å². The molecule has 0 aliphatic rings. The maximum Gasteiger partial charge on any atom is 0.129 e. The van der Waals surface area contributed by atoms with Crippen molar-refractivity contribution < 1.29 is 4.74 Å². The third kappa shape index (κ3) is 2.50. The highest BCUT2D eigenvalue weighted by Crippen LogP contribution is 2.33. The van der Waals surface area contributed by atoms with Gasteiger partial charge in [-0.05, 0) is 24.5 Å². The Morgan fingerprint density at radius 1 is 1.35 bits per heavy atom. The molecule has 0 saturated carbocycles. The number of hydrogen-bond acceptors (Lipinski definition) is 3. The molecule has 1 aromatic carbocycles. The minimum absolute atomic E-state index is 0.523. The lowest BCUT2D eigenvalue weighted by atomic mass is 10.1. The summed E-state index contributed by atoms with van der Waals surface area (Å²) in [6, 6.07) is 8.02. The molecule has 0 bridgehead atoms. The van der Waals surface area contributed by atoms with Crippen molar-refractivity contribution in [3.05, 3.63) is 35.3 Å². The van der Waals surface area contributed by atoms with Gasteiger partial charge in [0.15, 0.2) is 0 Å². The van der Waals surface area contributed by atoms with Crippen molar-refractivity contribution >= 4 is 11.3 Å². The van der Waals surface area contributed by atoms with Gasteiger partial charge in [-0.1, -0.05) is 26.0 Å². The number of ether oxygens (including phenoxy) is 1. The Hall–Kier alpha value is -1.35. The minimum Gasteiger partial charge on any atom is -0.496 e. The van der Waals surface area contributed by atoms with Gasteiger partial charge >= 0.3 is 0 Å². The summed E-state index contributed by atoms with van der Waals surface area (Å²) in [6.45, 7) is 4.40. The third-order valence-electron chi connectivity index (χ3n) is 2.98. The fraction of sp³-hybridized carbons (Fsp3) is 0.357. The van der Waals surface area contributed by atoms with Crippen LogP contribution in [0.5, 0.6) is 5.75 Å². The van der Waals surface area contributed by atoms with Gasteiger partial charge in [0.2, 0.25) is 0 Å². The topological polar surface area (TPSA) is 22.1 Å². The van der Waals surface area contributed by atoms with Crippen LogP contribution in [0.2, 0.25) is 0 Å². The van der Waals surface area contributed by atoms with E-state index in [0.29, 0.717) is 5.92 Å². The van der Waals surface area contributed by atoms with E-state index in [9.17, 15) is 0 Å². The Morgan fingerprint density at radius 3 is 2.82 bits per heavy atom. The molecule has 0 N–H and O–H groups in total. The van der Waals surface area contributed by atoms with Gasteiger partial charge in [0.05, 0.1) is 18.4 Å². The fourth-order valence-corrected chi connectivity index (χ4v) is 2.64. The molecule has 0 spiro atoms. The average molecular weight is 247 g/mol. The molecule has 0 aliphatic heterocycles. The zero-order valence-electron chi connectivity index (χ0n) is 10.4. The molecule has 0 fully saturated rings. The van der Waals surface area contributed by atoms with E-state index in [0.717, 1.165) is 22.7 Å². The normalized spacial score (nSPS) is 12.4. The van der Waals surface area contributed by atoms with E-state index in [-0.39, 0.29) is 0 Å². The second kappa shape index (κ2) is 5.32. The van der Waals surface area contributed by atoms with E-state index in [1.807, 2.05) is 18.2 Å². The van der Waals surface area contributed by atoms with Crippen molar-refractivity contribution in [1.82, 2.24) is 4.98 Å². The minimum atomic E-state index is 0.523. The Balaban J connectivity index is 2.37. The molecule has 90 valence electrons. The second-order valence-corrected chi connectivity index (χ2v) is 4.95. The molecule has 0 amide bonds. The number of thiazole rings is 1. The van der Waals surface area contributed by atoms with E-state index in [2.05, 4.69) is 25.3 Å². The van der Waals surface area contributed by atoms with Gasteiger partial charge < -0.3 is 4.74 Å². The largest absolute Gasteiger partial charge is 0.496 e. The summed E-state index contributed by atoms with van der Waals surface area (Å²) in [5.41, 5.74) is 2.26. The maximum atomic E-state index is 5.36. The van der Waals surface area contributed by atoms with Crippen molar-refractivity contribution in [1.29, 1.82) is 0 Å². The summed E-state index contributed by atoms with van der Waals surface area (Å²) in [5.74, 6) is 1.41. The fourth-order valence-electron chi connectivity index (χ4n) is 1.67. The lowest BCUT2D eigenvalue weighted by Crippen LogP contribution is -1.92. The van der Waals surface area contributed by atoms with Gasteiger partial charge in [-0.25, -0.2) is 4.98 Å². The van der Waals surface area contributed by atoms with E-state index in [4.69, 9.17) is 9.72 Å². The predicted molar refractivity (Wildman–Crippen MR) is 72.8 cm³/mol. The van der Waals surface area contributed by atoms with Crippen LogP contribution in [0.15, 0.2) is 29.6 Å². The number of rotatable bonds is 4. The van der Waals surface area contributed by atoms with Crippen LogP contribution < -0.4 is 4.74 Å². The number of benzene rings is 1. The van der Waals surface area contributed by atoms with Crippen LogP contribution in [-0.4, -0.2) is 12.1 Å². The lowest BCUT2D eigenvalue weighted by Gasteiger charge is -2.05. The molecule has 2 rings (SSSR count). The summed E-state index contributed by atoms with van der Waals surface area (Å²) in [7, 11) is 1.70. The second-order valence-electron chi connectivity index (χ2n) is 4.09. The first-order valence-electron chi connectivity index (χ1n) is 5.85. The van der Waals surface area contributed by atoms with Crippen LogP contribution >= 0.6 is 11.3 Å².